The molecule has 0 amide bonds. The SMILES string of the molecule is Brc1cccc(-c2nc(-c3cccc(-c4noc(-c5cccc(Br)c5)n4)c3)no2)c1. The molecule has 0 radical (unpaired) electrons. The van der Waals surface area contributed by atoms with E-state index >= 15 is 0 Å². The number of benzene rings is 3. The van der Waals surface area contributed by atoms with Crippen LogP contribution in [0.5, 0.6) is 0 Å². The van der Waals surface area contributed by atoms with Crippen molar-refractivity contribution in [1.82, 2.24) is 20.3 Å². The van der Waals surface area contributed by atoms with Crippen LogP contribution in [0.25, 0.3) is 45.7 Å². The van der Waals surface area contributed by atoms with Crippen LogP contribution < -0.4 is 0 Å². The van der Waals surface area contributed by atoms with Crippen LogP contribution in [-0.4, -0.2) is 20.3 Å². The summed E-state index contributed by atoms with van der Waals surface area (Å²) in [6.45, 7) is 0. The first kappa shape index (κ1) is 18.9. The fraction of sp³-hybridized carbons (Fsp3) is 0. The lowest BCUT2D eigenvalue weighted by atomic mass is 10.1. The molecule has 0 spiro atoms. The molecule has 5 rings (SSSR count). The molecule has 0 aliphatic heterocycles. The Morgan fingerprint density at radius 3 is 1.43 bits per heavy atom. The van der Waals surface area contributed by atoms with Gasteiger partial charge in [0.05, 0.1) is 0 Å². The van der Waals surface area contributed by atoms with Crippen molar-refractivity contribution in [3.8, 4) is 45.7 Å². The molecule has 8 heteroatoms. The smallest absolute Gasteiger partial charge is 0.258 e. The average Bonchev–Trinajstić information content (AvgIpc) is 3.44. The van der Waals surface area contributed by atoms with Gasteiger partial charge in [-0.25, -0.2) is 0 Å². The highest BCUT2D eigenvalue weighted by Crippen LogP contribution is 2.28. The van der Waals surface area contributed by atoms with E-state index in [1.54, 1.807) is 0 Å². The highest BCUT2D eigenvalue weighted by molar-refractivity contribution is 9.10. The molecule has 0 unspecified atom stereocenters. The average molecular weight is 524 g/mol. The predicted octanol–water partition coefficient (Wildman–Crippen LogP) is 6.65. The van der Waals surface area contributed by atoms with Gasteiger partial charge in [0, 0.05) is 31.2 Å². The molecule has 0 atom stereocenters. The van der Waals surface area contributed by atoms with Gasteiger partial charge >= 0.3 is 0 Å². The number of hydrogen-bond donors (Lipinski definition) is 0. The van der Waals surface area contributed by atoms with Crippen LogP contribution in [0, 0.1) is 0 Å². The highest BCUT2D eigenvalue weighted by Gasteiger charge is 2.14. The van der Waals surface area contributed by atoms with Gasteiger partial charge in [-0.05, 0) is 42.5 Å². The van der Waals surface area contributed by atoms with Crippen LogP contribution in [0.4, 0.5) is 0 Å². The van der Waals surface area contributed by atoms with Gasteiger partial charge < -0.3 is 9.05 Å². The monoisotopic (exact) mass is 522 g/mol. The number of aromatic nitrogens is 4. The zero-order valence-electron chi connectivity index (χ0n) is 15.3. The predicted molar refractivity (Wildman–Crippen MR) is 119 cm³/mol. The van der Waals surface area contributed by atoms with E-state index in [0.717, 1.165) is 31.2 Å². The number of halogens is 2. The van der Waals surface area contributed by atoms with Crippen LogP contribution in [0.1, 0.15) is 0 Å². The van der Waals surface area contributed by atoms with Gasteiger partial charge in [-0.2, -0.15) is 9.97 Å². The molecular weight excluding hydrogens is 512 g/mol. The summed E-state index contributed by atoms with van der Waals surface area (Å²) < 4.78 is 12.8. The lowest BCUT2D eigenvalue weighted by Gasteiger charge is -1.98. The van der Waals surface area contributed by atoms with E-state index in [9.17, 15) is 0 Å². The van der Waals surface area contributed by atoms with Crippen molar-refractivity contribution in [3.05, 3.63) is 81.7 Å². The molecule has 6 nitrogen and oxygen atoms in total. The third kappa shape index (κ3) is 3.83. The van der Waals surface area contributed by atoms with Gasteiger partial charge in [0.1, 0.15) is 0 Å². The van der Waals surface area contributed by atoms with Crippen molar-refractivity contribution in [2.24, 2.45) is 0 Å². The van der Waals surface area contributed by atoms with Crippen molar-refractivity contribution in [3.63, 3.8) is 0 Å². The fourth-order valence-corrected chi connectivity index (χ4v) is 3.75. The van der Waals surface area contributed by atoms with Crippen LogP contribution in [0.15, 0.2) is 90.8 Å². The first-order valence-electron chi connectivity index (χ1n) is 8.96. The topological polar surface area (TPSA) is 77.8 Å². The van der Waals surface area contributed by atoms with E-state index in [1.165, 1.54) is 0 Å². The first-order valence-corrected chi connectivity index (χ1v) is 10.5. The molecule has 0 fully saturated rings. The zero-order valence-corrected chi connectivity index (χ0v) is 18.5. The van der Waals surface area contributed by atoms with Crippen molar-refractivity contribution in [1.29, 1.82) is 0 Å². The lowest BCUT2D eigenvalue weighted by molar-refractivity contribution is 0.432. The molecular formula is C22H12Br2N4O2. The Labute approximate surface area is 188 Å². The van der Waals surface area contributed by atoms with Gasteiger partial charge in [-0.1, -0.05) is 72.5 Å². The molecule has 2 heterocycles. The standard InChI is InChI=1S/C22H12Br2N4O2/c23-17-8-2-6-15(11-17)21-25-19(27-29-21)13-4-1-5-14(10-13)20-26-22(30-28-20)16-7-3-9-18(24)12-16/h1-12H. The van der Waals surface area contributed by atoms with Gasteiger partial charge in [-0.3, -0.25) is 0 Å². The summed E-state index contributed by atoms with van der Waals surface area (Å²) in [5.41, 5.74) is 3.28. The van der Waals surface area contributed by atoms with Gasteiger partial charge in [-0.15, -0.1) is 0 Å². The summed E-state index contributed by atoms with van der Waals surface area (Å²) in [4.78, 5) is 9.04. The second-order valence-corrected chi connectivity index (χ2v) is 8.28. The number of nitrogens with zero attached hydrogens (tertiary/aromatic N) is 4. The molecule has 0 N–H and O–H groups in total. The third-order valence-corrected chi connectivity index (χ3v) is 5.36. The second-order valence-electron chi connectivity index (χ2n) is 6.45. The minimum absolute atomic E-state index is 0.452. The molecule has 146 valence electrons. The van der Waals surface area contributed by atoms with Crippen LogP contribution in [0.3, 0.4) is 0 Å². The Bertz CT molecular complexity index is 1250. The van der Waals surface area contributed by atoms with E-state index in [0.29, 0.717) is 23.4 Å². The maximum absolute atomic E-state index is 5.44. The summed E-state index contributed by atoms with van der Waals surface area (Å²) in [5.74, 6) is 1.88. The Hall–Kier alpha value is -3.10. The largest absolute Gasteiger partial charge is 0.334 e. The van der Waals surface area contributed by atoms with Crippen LogP contribution >= 0.6 is 31.9 Å². The summed E-state index contributed by atoms with van der Waals surface area (Å²) in [6, 6.07) is 23.0. The van der Waals surface area contributed by atoms with E-state index in [2.05, 4.69) is 52.1 Å². The highest BCUT2D eigenvalue weighted by atomic mass is 79.9. The zero-order chi connectivity index (χ0) is 20.5. The molecule has 30 heavy (non-hydrogen) atoms. The van der Waals surface area contributed by atoms with Crippen molar-refractivity contribution >= 4 is 31.9 Å². The van der Waals surface area contributed by atoms with E-state index in [1.807, 2.05) is 72.8 Å². The molecule has 0 saturated heterocycles. The normalized spacial score (nSPS) is 11.0. The molecule has 5 aromatic rings. The Morgan fingerprint density at radius 1 is 0.533 bits per heavy atom. The van der Waals surface area contributed by atoms with Crippen molar-refractivity contribution in [2.75, 3.05) is 0 Å². The Kier molecular flexibility index (Phi) is 5.02. The maximum Gasteiger partial charge on any atom is 0.258 e. The van der Waals surface area contributed by atoms with Crippen molar-refractivity contribution in [2.45, 2.75) is 0 Å². The molecule has 3 aromatic carbocycles. The van der Waals surface area contributed by atoms with Gasteiger partial charge in [0.25, 0.3) is 11.8 Å². The van der Waals surface area contributed by atoms with E-state index in [4.69, 9.17) is 9.05 Å². The molecule has 2 aromatic heterocycles. The number of hydrogen-bond acceptors (Lipinski definition) is 6. The minimum Gasteiger partial charge on any atom is -0.334 e. The summed E-state index contributed by atoms with van der Waals surface area (Å²) in [5, 5.41) is 8.24. The molecule has 0 bridgehead atoms. The first-order chi connectivity index (χ1) is 14.7. The second kappa shape index (κ2) is 7.97. The van der Waals surface area contributed by atoms with Crippen LogP contribution in [-0.2, 0) is 0 Å². The molecule has 0 saturated carbocycles. The molecule has 0 aliphatic carbocycles. The van der Waals surface area contributed by atoms with E-state index in [-0.39, 0.29) is 0 Å². The summed E-state index contributed by atoms with van der Waals surface area (Å²) in [7, 11) is 0. The quantitative estimate of drug-likeness (QED) is 0.262. The Morgan fingerprint density at radius 2 is 0.967 bits per heavy atom. The third-order valence-electron chi connectivity index (χ3n) is 4.37. The summed E-state index contributed by atoms with van der Waals surface area (Å²) >= 11 is 6.91. The minimum atomic E-state index is 0.452. The lowest BCUT2D eigenvalue weighted by Crippen LogP contribution is -1.85. The molecule has 0 aliphatic rings. The fourth-order valence-electron chi connectivity index (χ4n) is 2.96. The summed E-state index contributed by atoms with van der Waals surface area (Å²) in [6.07, 6.45) is 0. The van der Waals surface area contributed by atoms with Crippen LogP contribution in [0.2, 0.25) is 0 Å². The van der Waals surface area contributed by atoms with Crippen molar-refractivity contribution < 1.29 is 9.05 Å². The van der Waals surface area contributed by atoms with E-state index < -0.39 is 0 Å². The number of rotatable bonds is 4. The maximum atomic E-state index is 5.44. The van der Waals surface area contributed by atoms with Gasteiger partial charge in [0.15, 0.2) is 0 Å². The van der Waals surface area contributed by atoms with Gasteiger partial charge in [0.2, 0.25) is 11.6 Å². The Balaban J connectivity index is 1.46.